The van der Waals surface area contributed by atoms with Gasteiger partial charge < -0.3 is 15.8 Å². The molecular weight excluding hydrogens is 268 g/mol. The highest BCUT2D eigenvalue weighted by atomic mass is 16.6. The number of nitrogens with zero attached hydrogens (tertiary/aromatic N) is 2. The van der Waals surface area contributed by atoms with Gasteiger partial charge in [-0.2, -0.15) is 5.26 Å². The van der Waals surface area contributed by atoms with Crippen LogP contribution < -0.4 is 11.1 Å². The van der Waals surface area contributed by atoms with Crippen LogP contribution in [-0.4, -0.2) is 23.7 Å². The smallest absolute Gasteiger partial charge is 0.404 e. The van der Waals surface area contributed by atoms with Crippen LogP contribution >= 0.6 is 0 Å². The number of ether oxygens (including phenoxy) is 1. The first kappa shape index (κ1) is 16.8. The normalized spacial score (nSPS) is 12.3. The van der Waals surface area contributed by atoms with Crippen molar-refractivity contribution in [3.05, 3.63) is 23.9 Å². The van der Waals surface area contributed by atoms with E-state index in [0.29, 0.717) is 12.1 Å². The number of anilines is 1. The highest BCUT2D eigenvalue weighted by molar-refractivity contribution is 5.64. The van der Waals surface area contributed by atoms with Crippen molar-refractivity contribution in [3.8, 4) is 6.07 Å². The van der Waals surface area contributed by atoms with Gasteiger partial charge in [0.05, 0.1) is 5.56 Å². The Morgan fingerprint density at radius 1 is 1.52 bits per heavy atom. The van der Waals surface area contributed by atoms with Crippen LogP contribution in [0.5, 0.6) is 0 Å². The topological polar surface area (TPSA) is 101 Å². The predicted molar refractivity (Wildman–Crippen MR) is 80.6 cm³/mol. The second-order valence-corrected chi connectivity index (χ2v) is 5.90. The summed E-state index contributed by atoms with van der Waals surface area (Å²) in [5, 5.41) is 11.9. The zero-order chi connectivity index (χ0) is 15.9. The third-order valence-electron chi connectivity index (χ3n) is 3.07. The van der Waals surface area contributed by atoms with Crippen LogP contribution in [0, 0.1) is 16.7 Å². The van der Waals surface area contributed by atoms with Crippen LogP contribution in [0.15, 0.2) is 18.3 Å². The van der Waals surface area contributed by atoms with Gasteiger partial charge >= 0.3 is 6.09 Å². The first-order valence-electron chi connectivity index (χ1n) is 6.89. The highest BCUT2D eigenvalue weighted by Gasteiger charge is 2.27. The number of rotatable bonds is 6. The van der Waals surface area contributed by atoms with Gasteiger partial charge in [-0.25, -0.2) is 9.78 Å². The van der Waals surface area contributed by atoms with E-state index in [0.717, 1.165) is 18.7 Å². The van der Waals surface area contributed by atoms with Gasteiger partial charge in [-0.15, -0.1) is 0 Å². The number of nitriles is 1. The van der Waals surface area contributed by atoms with Crippen molar-refractivity contribution in [1.82, 2.24) is 4.98 Å². The minimum atomic E-state index is -0.739. The van der Waals surface area contributed by atoms with Crippen molar-refractivity contribution in [3.63, 3.8) is 0 Å². The Balaban J connectivity index is 2.40. The minimum Gasteiger partial charge on any atom is -0.446 e. The number of pyridine rings is 1. The second-order valence-electron chi connectivity index (χ2n) is 5.90. The lowest BCUT2D eigenvalue weighted by Crippen LogP contribution is -2.34. The van der Waals surface area contributed by atoms with Crippen molar-refractivity contribution >= 4 is 11.9 Å². The molecule has 0 aromatic carbocycles. The summed E-state index contributed by atoms with van der Waals surface area (Å²) in [5.41, 5.74) is 5.48. The van der Waals surface area contributed by atoms with E-state index in [-0.39, 0.29) is 11.5 Å². The van der Waals surface area contributed by atoms with Crippen molar-refractivity contribution in [2.24, 2.45) is 11.1 Å². The van der Waals surface area contributed by atoms with Gasteiger partial charge in [-0.1, -0.05) is 20.8 Å². The number of nitrogens with one attached hydrogen (secondary N) is 1. The molecule has 1 heterocycles. The third kappa shape index (κ3) is 6.13. The van der Waals surface area contributed by atoms with E-state index in [1.807, 2.05) is 26.8 Å². The molecule has 3 N–H and O–H groups in total. The second kappa shape index (κ2) is 7.48. The maximum absolute atomic E-state index is 10.9. The van der Waals surface area contributed by atoms with Crippen LogP contribution in [0.25, 0.3) is 0 Å². The van der Waals surface area contributed by atoms with Gasteiger partial charge in [0.2, 0.25) is 0 Å². The third-order valence-corrected chi connectivity index (χ3v) is 3.07. The molecule has 0 aliphatic carbocycles. The number of nitrogens with two attached hydrogens (primary N) is 1. The van der Waals surface area contributed by atoms with Crippen molar-refractivity contribution in [2.75, 3.05) is 11.9 Å². The van der Waals surface area contributed by atoms with E-state index in [1.165, 1.54) is 6.20 Å². The summed E-state index contributed by atoms with van der Waals surface area (Å²) in [4.78, 5) is 15.0. The number of amides is 1. The van der Waals surface area contributed by atoms with E-state index in [2.05, 4.69) is 10.3 Å². The number of hydrogen-bond donors (Lipinski definition) is 2. The zero-order valence-electron chi connectivity index (χ0n) is 12.7. The summed E-state index contributed by atoms with van der Waals surface area (Å²) in [7, 11) is 0. The van der Waals surface area contributed by atoms with E-state index < -0.39 is 6.09 Å². The molecule has 0 aliphatic rings. The molecule has 114 valence electrons. The molecule has 1 atom stereocenters. The quantitative estimate of drug-likeness (QED) is 0.784. The molecule has 1 aromatic rings. The fourth-order valence-electron chi connectivity index (χ4n) is 1.88. The first-order chi connectivity index (χ1) is 9.82. The van der Waals surface area contributed by atoms with Crippen LogP contribution in [0.1, 0.15) is 39.2 Å². The molecule has 0 aliphatic heterocycles. The Bertz CT molecular complexity index is 500. The molecule has 6 heteroatoms. The van der Waals surface area contributed by atoms with Crippen LogP contribution in [0.3, 0.4) is 0 Å². The lowest BCUT2D eigenvalue weighted by Gasteiger charge is -2.29. The maximum Gasteiger partial charge on any atom is 0.404 e. The Labute approximate surface area is 125 Å². The molecule has 0 radical (unpaired) electrons. The summed E-state index contributed by atoms with van der Waals surface area (Å²) < 4.78 is 5.16. The number of primary amides is 1. The molecule has 1 amide bonds. The summed E-state index contributed by atoms with van der Waals surface area (Å²) >= 11 is 0. The lowest BCUT2D eigenvalue weighted by molar-refractivity contribution is 0.0307. The zero-order valence-corrected chi connectivity index (χ0v) is 12.7. The molecule has 1 rings (SSSR count). The number of aromatic nitrogens is 1. The molecule has 0 saturated carbocycles. The molecule has 0 bridgehead atoms. The van der Waals surface area contributed by atoms with Crippen molar-refractivity contribution < 1.29 is 9.53 Å². The summed E-state index contributed by atoms with van der Waals surface area (Å²) in [6, 6.07) is 5.50. The van der Waals surface area contributed by atoms with E-state index in [4.69, 9.17) is 15.7 Å². The average molecular weight is 290 g/mol. The molecule has 1 aromatic heterocycles. The summed E-state index contributed by atoms with van der Waals surface area (Å²) in [6.45, 7) is 6.73. The van der Waals surface area contributed by atoms with Gasteiger partial charge in [-0.3, -0.25) is 0 Å². The molecule has 0 fully saturated rings. The van der Waals surface area contributed by atoms with Crippen LogP contribution in [0.4, 0.5) is 10.6 Å². The molecule has 21 heavy (non-hydrogen) atoms. The average Bonchev–Trinajstić information content (AvgIpc) is 2.41. The largest absolute Gasteiger partial charge is 0.446 e. The Morgan fingerprint density at radius 2 is 2.24 bits per heavy atom. The molecule has 1 unspecified atom stereocenters. The van der Waals surface area contributed by atoms with Crippen molar-refractivity contribution in [1.29, 1.82) is 5.26 Å². The highest BCUT2D eigenvalue weighted by Crippen LogP contribution is 2.25. The minimum absolute atomic E-state index is 0.151. The number of carbonyl (C=O) groups excluding carboxylic acids is 1. The molecule has 0 spiro atoms. The lowest BCUT2D eigenvalue weighted by atomic mass is 9.86. The van der Waals surface area contributed by atoms with Gasteiger partial charge in [0.25, 0.3) is 0 Å². The SMILES string of the molecule is CC(C)(C)C(CCCNc1ccc(C#N)cn1)OC(N)=O. The standard InChI is InChI=1S/C15H22N4O2/c1-15(2,3)12(21-14(17)20)5-4-8-18-13-7-6-11(9-16)10-19-13/h6-7,10,12H,4-5,8H2,1-3H3,(H2,17,20)(H,18,19). The Kier molecular flexibility index (Phi) is 5.97. The van der Waals surface area contributed by atoms with E-state index in [1.54, 1.807) is 12.1 Å². The maximum atomic E-state index is 10.9. The van der Waals surface area contributed by atoms with Gasteiger partial charge in [0.15, 0.2) is 0 Å². The first-order valence-corrected chi connectivity index (χ1v) is 6.89. The predicted octanol–water partition coefficient (Wildman–Crippen LogP) is 2.66. The van der Waals surface area contributed by atoms with Crippen LogP contribution in [-0.2, 0) is 4.74 Å². The number of hydrogen-bond acceptors (Lipinski definition) is 5. The van der Waals surface area contributed by atoms with E-state index >= 15 is 0 Å². The molecule has 6 nitrogen and oxygen atoms in total. The van der Waals surface area contributed by atoms with Gasteiger partial charge in [0.1, 0.15) is 18.0 Å². The van der Waals surface area contributed by atoms with Gasteiger partial charge in [0, 0.05) is 12.7 Å². The van der Waals surface area contributed by atoms with E-state index in [9.17, 15) is 4.79 Å². The van der Waals surface area contributed by atoms with Crippen LogP contribution in [0.2, 0.25) is 0 Å². The van der Waals surface area contributed by atoms with Crippen molar-refractivity contribution in [2.45, 2.75) is 39.7 Å². The Hall–Kier alpha value is -2.29. The summed E-state index contributed by atoms with van der Waals surface area (Å²) in [6.07, 6.45) is 2.10. The Morgan fingerprint density at radius 3 is 2.71 bits per heavy atom. The van der Waals surface area contributed by atoms with Gasteiger partial charge in [-0.05, 0) is 30.4 Å². The summed E-state index contributed by atoms with van der Waals surface area (Å²) in [5.74, 6) is 0.720. The number of carbonyl (C=O) groups is 1. The molecule has 0 saturated heterocycles. The molecular formula is C15H22N4O2. The monoisotopic (exact) mass is 290 g/mol. The fourth-order valence-corrected chi connectivity index (χ4v) is 1.88. The fraction of sp³-hybridized carbons (Fsp3) is 0.533.